The molecule has 0 unspecified atom stereocenters. The Morgan fingerprint density at radius 1 is 1.00 bits per heavy atom. The van der Waals surface area contributed by atoms with Crippen LogP contribution in [0.3, 0.4) is 0 Å². The highest BCUT2D eigenvalue weighted by Gasteiger charge is 2.21. The molecular formula is C18H20O6. The molecule has 0 radical (unpaired) electrons. The summed E-state index contributed by atoms with van der Waals surface area (Å²) in [5.74, 6) is 1.09. The summed E-state index contributed by atoms with van der Waals surface area (Å²) in [5, 5.41) is 20.1. The number of aliphatic hydroxyl groups excluding tert-OH is 1. The van der Waals surface area contributed by atoms with E-state index in [0.717, 1.165) is 0 Å². The minimum Gasteiger partial charge on any atom is -0.504 e. The molecule has 2 atom stereocenters. The number of hydrogen-bond donors (Lipinski definition) is 2. The molecule has 2 N–H and O–H groups in total. The van der Waals surface area contributed by atoms with E-state index in [9.17, 15) is 15.0 Å². The Hall–Kier alpha value is -2.73. The average molecular weight is 332 g/mol. The molecule has 0 amide bonds. The molecule has 0 aliphatic rings. The van der Waals surface area contributed by atoms with Crippen LogP contribution in [-0.4, -0.2) is 36.8 Å². The van der Waals surface area contributed by atoms with Crippen LogP contribution >= 0.6 is 0 Å². The van der Waals surface area contributed by atoms with Gasteiger partial charge in [0.05, 0.1) is 14.2 Å². The number of benzene rings is 2. The van der Waals surface area contributed by atoms with Crippen LogP contribution in [-0.2, 0) is 0 Å². The van der Waals surface area contributed by atoms with Crippen molar-refractivity contribution < 1.29 is 29.2 Å². The van der Waals surface area contributed by atoms with Gasteiger partial charge in [-0.1, -0.05) is 6.07 Å². The zero-order valence-electron chi connectivity index (χ0n) is 13.7. The lowest BCUT2D eigenvalue weighted by atomic mass is 10.0. The predicted octanol–water partition coefficient (Wildman–Crippen LogP) is 2.72. The number of aliphatic hydroxyl groups is 1. The van der Waals surface area contributed by atoms with Crippen molar-refractivity contribution in [3.63, 3.8) is 0 Å². The number of phenols is 1. The minimum atomic E-state index is -0.949. The van der Waals surface area contributed by atoms with Crippen LogP contribution in [0.2, 0.25) is 0 Å². The Bertz CT molecular complexity index is 713. The van der Waals surface area contributed by atoms with E-state index >= 15 is 0 Å². The maximum atomic E-state index is 10.8. The highest BCUT2D eigenvalue weighted by molar-refractivity contribution is 5.76. The quantitative estimate of drug-likeness (QED) is 0.758. The zero-order valence-corrected chi connectivity index (χ0v) is 13.7. The Labute approximate surface area is 140 Å². The third-order valence-corrected chi connectivity index (χ3v) is 3.63. The summed E-state index contributed by atoms with van der Waals surface area (Å²) in [6, 6.07) is 9.37. The Balaban J connectivity index is 2.20. The fourth-order valence-electron chi connectivity index (χ4n) is 2.27. The van der Waals surface area contributed by atoms with Gasteiger partial charge in [-0.05, 0) is 42.8 Å². The fourth-order valence-corrected chi connectivity index (χ4v) is 2.27. The van der Waals surface area contributed by atoms with Crippen molar-refractivity contribution in [3.05, 3.63) is 47.5 Å². The maximum Gasteiger partial charge on any atom is 0.161 e. The molecule has 0 saturated carbocycles. The van der Waals surface area contributed by atoms with Gasteiger partial charge in [-0.25, -0.2) is 0 Å². The molecule has 0 heterocycles. The first-order valence-electron chi connectivity index (χ1n) is 7.35. The summed E-state index contributed by atoms with van der Waals surface area (Å²) in [6.45, 7) is 1.71. The van der Waals surface area contributed by atoms with Crippen molar-refractivity contribution in [1.29, 1.82) is 0 Å². The van der Waals surface area contributed by atoms with Crippen molar-refractivity contribution in [1.82, 2.24) is 0 Å². The highest BCUT2D eigenvalue weighted by Crippen LogP contribution is 2.33. The van der Waals surface area contributed by atoms with E-state index < -0.39 is 12.2 Å². The Morgan fingerprint density at radius 2 is 1.71 bits per heavy atom. The third kappa shape index (κ3) is 3.78. The molecule has 6 heteroatoms. The lowest BCUT2D eigenvalue weighted by Crippen LogP contribution is -2.22. The molecule has 2 rings (SSSR count). The second kappa shape index (κ2) is 7.70. The first-order chi connectivity index (χ1) is 11.5. The number of carbonyl (C=O) groups excluding carboxylic acids is 1. The Morgan fingerprint density at radius 3 is 2.33 bits per heavy atom. The summed E-state index contributed by atoms with van der Waals surface area (Å²) in [5.41, 5.74) is 1.01. The smallest absolute Gasteiger partial charge is 0.161 e. The van der Waals surface area contributed by atoms with Crippen LogP contribution in [0.25, 0.3) is 0 Å². The molecule has 6 nitrogen and oxygen atoms in total. The van der Waals surface area contributed by atoms with Gasteiger partial charge in [0, 0.05) is 5.56 Å². The van der Waals surface area contributed by atoms with Gasteiger partial charge in [0.25, 0.3) is 0 Å². The monoisotopic (exact) mass is 332 g/mol. The largest absolute Gasteiger partial charge is 0.504 e. The van der Waals surface area contributed by atoms with Gasteiger partial charge < -0.3 is 24.4 Å². The standard InChI is InChI=1S/C18H20O6/c1-11(18(21)13-5-6-14(20)16(9-13)22-2)24-15-7-4-12(10-19)8-17(15)23-3/h4-11,18,20-21H,1-3H3/t11-,18+/m0/s1. The van der Waals surface area contributed by atoms with Gasteiger partial charge in [-0.2, -0.15) is 0 Å². The lowest BCUT2D eigenvalue weighted by Gasteiger charge is -2.22. The molecule has 24 heavy (non-hydrogen) atoms. The number of aromatic hydroxyl groups is 1. The van der Waals surface area contributed by atoms with Gasteiger partial charge in [0.15, 0.2) is 23.0 Å². The molecule has 0 aromatic heterocycles. The second-order valence-electron chi connectivity index (χ2n) is 5.23. The zero-order chi connectivity index (χ0) is 17.7. The number of ether oxygens (including phenoxy) is 3. The topological polar surface area (TPSA) is 85.2 Å². The van der Waals surface area contributed by atoms with Crippen molar-refractivity contribution in [2.24, 2.45) is 0 Å². The van der Waals surface area contributed by atoms with Gasteiger partial charge in [-0.15, -0.1) is 0 Å². The predicted molar refractivity (Wildman–Crippen MR) is 88.1 cm³/mol. The first-order valence-corrected chi connectivity index (χ1v) is 7.35. The number of rotatable bonds is 7. The normalized spacial score (nSPS) is 13.0. The van der Waals surface area contributed by atoms with Crippen LogP contribution < -0.4 is 14.2 Å². The van der Waals surface area contributed by atoms with E-state index in [4.69, 9.17) is 14.2 Å². The van der Waals surface area contributed by atoms with Crippen LogP contribution in [0, 0.1) is 0 Å². The molecule has 2 aromatic rings. The van der Waals surface area contributed by atoms with Crippen molar-refractivity contribution in [3.8, 4) is 23.0 Å². The number of hydrogen-bond acceptors (Lipinski definition) is 6. The number of phenolic OH excluding ortho intramolecular Hbond substituents is 1. The summed E-state index contributed by atoms with van der Waals surface area (Å²) < 4.78 is 16.0. The molecule has 0 aliphatic heterocycles. The maximum absolute atomic E-state index is 10.8. The molecule has 128 valence electrons. The van der Waals surface area contributed by atoms with E-state index in [0.29, 0.717) is 28.9 Å². The molecular weight excluding hydrogens is 312 g/mol. The number of aldehydes is 1. The summed E-state index contributed by atoms with van der Waals surface area (Å²) in [7, 11) is 2.91. The van der Waals surface area contributed by atoms with Crippen molar-refractivity contribution in [2.45, 2.75) is 19.1 Å². The van der Waals surface area contributed by atoms with E-state index in [1.165, 1.54) is 20.3 Å². The fraction of sp³-hybridized carbons (Fsp3) is 0.278. The van der Waals surface area contributed by atoms with E-state index in [1.54, 1.807) is 37.3 Å². The Kier molecular flexibility index (Phi) is 5.65. The third-order valence-electron chi connectivity index (χ3n) is 3.63. The first kappa shape index (κ1) is 17.6. The van der Waals surface area contributed by atoms with Crippen LogP contribution in [0.15, 0.2) is 36.4 Å². The summed E-state index contributed by atoms with van der Waals surface area (Å²) >= 11 is 0. The molecule has 0 bridgehead atoms. The van der Waals surface area contributed by atoms with Crippen LogP contribution in [0.1, 0.15) is 28.9 Å². The summed E-state index contributed by atoms with van der Waals surface area (Å²) in [4.78, 5) is 10.8. The van der Waals surface area contributed by atoms with Gasteiger partial charge in [0.1, 0.15) is 18.5 Å². The second-order valence-corrected chi connectivity index (χ2v) is 5.23. The van der Waals surface area contributed by atoms with Gasteiger partial charge in [0.2, 0.25) is 0 Å². The van der Waals surface area contributed by atoms with E-state index in [2.05, 4.69) is 0 Å². The number of methoxy groups -OCH3 is 2. The SMILES string of the molecule is COc1cc([C@H](O)[C@H](C)Oc2ccc(C=O)cc2OC)ccc1O. The average Bonchev–Trinajstić information content (AvgIpc) is 2.61. The molecule has 0 fully saturated rings. The summed E-state index contributed by atoms with van der Waals surface area (Å²) in [6.07, 6.45) is -0.835. The van der Waals surface area contributed by atoms with Gasteiger partial charge in [-0.3, -0.25) is 4.79 Å². The highest BCUT2D eigenvalue weighted by atomic mass is 16.5. The van der Waals surface area contributed by atoms with Crippen LogP contribution in [0.5, 0.6) is 23.0 Å². The van der Waals surface area contributed by atoms with Gasteiger partial charge >= 0.3 is 0 Å². The minimum absolute atomic E-state index is 0.00635. The number of carbonyl (C=O) groups is 1. The molecule has 2 aromatic carbocycles. The van der Waals surface area contributed by atoms with Crippen molar-refractivity contribution in [2.75, 3.05) is 14.2 Å². The van der Waals surface area contributed by atoms with Crippen molar-refractivity contribution >= 4 is 6.29 Å². The van der Waals surface area contributed by atoms with E-state index in [1.807, 2.05) is 0 Å². The van der Waals surface area contributed by atoms with E-state index in [-0.39, 0.29) is 11.5 Å². The lowest BCUT2D eigenvalue weighted by molar-refractivity contribution is 0.0449. The molecule has 0 spiro atoms. The van der Waals surface area contributed by atoms with Crippen LogP contribution in [0.4, 0.5) is 0 Å². The molecule has 0 aliphatic carbocycles. The molecule has 0 saturated heterocycles.